The third-order valence-corrected chi connectivity index (χ3v) is 4.90. The van der Waals surface area contributed by atoms with Crippen molar-refractivity contribution in [3.63, 3.8) is 0 Å². The van der Waals surface area contributed by atoms with Gasteiger partial charge in [0.2, 0.25) is 0 Å². The molecule has 0 aliphatic carbocycles. The van der Waals surface area contributed by atoms with E-state index in [-0.39, 0.29) is 24.9 Å². The fourth-order valence-corrected chi connectivity index (χ4v) is 3.36. The second kappa shape index (κ2) is 8.74. The zero-order valence-corrected chi connectivity index (χ0v) is 16.4. The fourth-order valence-electron chi connectivity index (χ4n) is 3.24. The van der Waals surface area contributed by atoms with Crippen molar-refractivity contribution in [2.24, 2.45) is 0 Å². The average Bonchev–Trinajstić information content (AvgIpc) is 2.93. The van der Waals surface area contributed by atoms with E-state index in [9.17, 15) is 9.90 Å². The van der Waals surface area contributed by atoms with Crippen LogP contribution < -0.4 is 5.69 Å². The molecule has 144 valence electrons. The van der Waals surface area contributed by atoms with Crippen LogP contribution in [0.25, 0.3) is 11.0 Å². The maximum Gasteiger partial charge on any atom is 0.329 e. The van der Waals surface area contributed by atoms with E-state index in [2.05, 4.69) is 0 Å². The van der Waals surface area contributed by atoms with Crippen LogP contribution >= 0.6 is 11.6 Å². The molecule has 1 aromatic heterocycles. The molecule has 0 spiro atoms. The Kier molecular flexibility index (Phi) is 6.37. The first-order chi connectivity index (χ1) is 13.0. The first-order valence-electron chi connectivity index (χ1n) is 9.24. The molecule has 2 aromatic carbocycles. The molecule has 27 heavy (non-hydrogen) atoms. The lowest BCUT2D eigenvalue weighted by atomic mass is 10.1. The van der Waals surface area contributed by atoms with E-state index >= 15 is 0 Å². The lowest BCUT2D eigenvalue weighted by molar-refractivity contribution is -0.00869. The van der Waals surface area contributed by atoms with E-state index in [0.717, 1.165) is 23.0 Å². The van der Waals surface area contributed by atoms with E-state index in [1.54, 1.807) is 9.13 Å². The molecule has 0 aliphatic heterocycles. The molecule has 0 radical (unpaired) electrons. The van der Waals surface area contributed by atoms with Crippen LogP contribution in [0.3, 0.4) is 0 Å². The SMILES string of the molecule is CCCn1c(=O)n(C[C@@H](O)CO[C@H](C)c2ccc(Cl)cc2)c2ccccc21. The number of hydrogen-bond acceptors (Lipinski definition) is 3. The van der Waals surface area contributed by atoms with Crippen LogP contribution in [-0.4, -0.2) is 27.0 Å². The van der Waals surface area contributed by atoms with Gasteiger partial charge in [-0.05, 0) is 43.2 Å². The topological polar surface area (TPSA) is 56.4 Å². The number of halogens is 1. The van der Waals surface area contributed by atoms with Crippen LogP contribution in [0.5, 0.6) is 0 Å². The van der Waals surface area contributed by atoms with E-state index in [1.165, 1.54) is 0 Å². The quantitative estimate of drug-likeness (QED) is 0.634. The average molecular weight is 389 g/mol. The second-order valence-electron chi connectivity index (χ2n) is 6.71. The Labute approximate surface area is 163 Å². The van der Waals surface area contributed by atoms with Crippen molar-refractivity contribution in [1.82, 2.24) is 9.13 Å². The zero-order valence-electron chi connectivity index (χ0n) is 15.6. The first kappa shape index (κ1) is 19.7. The van der Waals surface area contributed by atoms with Gasteiger partial charge in [0.1, 0.15) is 0 Å². The smallest absolute Gasteiger partial charge is 0.329 e. The van der Waals surface area contributed by atoms with Crippen molar-refractivity contribution in [2.75, 3.05) is 6.61 Å². The van der Waals surface area contributed by atoms with Gasteiger partial charge in [-0.1, -0.05) is 42.8 Å². The molecule has 5 nitrogen and oxygen atoms in total. The van der Waals surface area contributed by atoms with E-state index in [0.29, 0.717) is 11.6 Å². The van der Waals surface area contributed by atoms with Gasteiger partial charge in [0.05, 0.1) is 36.4 Å². The fraction of sp³-hybridized carbons (Fsp3) is 0.381. The zero-order chi connectivity index (χ0) is 19.4. The molecule has 0 saturated carbocycles. The van der Waals surface area contributed by atoms with Gasteiger partial charge in [-0.25, -0.2) is 4.79 Å². The number of imidazole rings is 1. The van der Waals surface area contributed by atoms with Crippen molar-refractivity contribution in [1.29, 1.82) is 0 Å². The number of hydrogen-bond donors (Lipinski definition) is 1. The molecule has 3 rings (SSSR count). The van der Waals surface area contributed by atoms with Crippen molar-refractivity contribution in [2.45, 2.75) is 45.6 Å². The summed E-state index contributed by atoms with van der Waals surface area (Å²) in [7, 11) is 0. The number of aromatic nitrogens is 2. The number of ether oxygens (including phenoxy) is 1. The van der Waals surface area contributed by atoms with Gasteiger partial charge in [0, 0.05) is 11.6 Å². The van der Waals surface area contributed by atoms with Gasteiger partial charge in [-0.15, -0.1) is 0 Å². The summed E-state index contributed by atoms with van der Waals surface area (Å²) in [6.45, 7) is 4.97. The summed E-state index contributed by atoms with van der Waals surface area (Å²) in [5.74, 6) is 0. The van der Waals surface area contributed by atoms with Crippen molar-refractivity contribution in [3.8, 4) is 0 Å². The van der Waals surface area contributed by atoms with Crippen LogP contribution in [0.15, 0.2) is 53.3 Å². The summed E-state index contributed by atoms with van der Waals surface area (Å²) in [5.41, 5.74) is 2.62. The van der Waals surface area contributed by atoms with Gasteiger partial charge in [-0.3, -0.25) is 9.13 Å². The maximum atomic E-state index is 12.8. The monoisotopic (exact) mass is 388 g/mol. The molecule has 0 saturated heterocycles. The molecule has 1 heterocycles. The third kappa shape index (κ3) is 4.43. The lowest BCUT2D eigenvalue weighted by Gasteiger charge is -2.17. The Bertz CT molecular complexity index is 946. The Morgan fingerprint density at radius 1 is 1.07 bits per heavy atom. The van der Waals surface area contributed by atoms with Gasteiger partial charge in [0.15, 0.2) is 0 Å². The summed E-state index contributed by atoms with van der Waals surface area (Å²) in [6.07, 6.45) is -0.0774. The normalized spacial score (nSPS) is 13.8. The van der Waals surface area contributed by atoms with Crippen LogP contribution in [0, 0.1) is 0 Å². The minimum absolute atomic E-state index is 0.0946. The summed E-state index contributed by atoms with van der Waals surface area (Å²) >= 11 is 5.91. The van der Waals surface area contributed by atoms with E-state index in [1.807, 2.05) is 62.4 Å². The van der Waals surface area contributed by atoms with Crippen LogP contribution in [-0.2, 0) is 17.8 Å². The minimum atomic E-state index is -0.779. The van der Waals surface area contributed by atoms with Crippen LogP contribution in [0.4, 0.5) is 0 Å². The second-order valence-corrected chi connectivity index (χ2v) is 7.15. The van der Waals surface area contributed by atoms with Gasteiger partial charge in [0.25, 0.3) is 0 Å². The number of aliphatic hydroxyl groups excluding tert-OH is 1. The number of nitrogens with zero attached hydrogens (tertiary/aromatic N) is 2. The van der Waals surface area contributed by atoms with Crippen molar-refractivity contribution in [3.05, 3.63) is 69.6 Å². The number of rotatable bonds is 8. The predicted octanol–water partition coefficient (Wildman–Crippen LogP) is 4.01. The Hall–Kier alpha value is -2.08. The Morgan fingerprint density at radius 2 is 1.70 bits per heavy atom. The largest absolute Gasteiger partial charge is 0.389 e. The highest BCUT2D eigenvalue weighted by molar-refractivity contribution is 6.30. The van der Waals surface area contributed by atoms with Gasteiger partial charge >= 0.3 is 5.69 Å². The number of benzene rings is 2. The van der Waals surface area contributed by atoms with Gasteiger partial charge < -0.3 is 9.84 Å². The van der Waals surface area contributed by atoms with Crippen molar-refractivity contribution < 1.29 is 9.84 Å². The highest BCUT2D eigenvalue weighted by atomic mass is 35.5. The van der Waals surface area contributed by atoms with Crippen molar-refractivity contribution >= 4 is 22.6 Å². The summed E-state index contributed by atoms with van der Waals surface area (Å²) in [4.78, 5) is 12.8. The predicted molar refractivity (Wildman–Crippen MR) is 108 cm³/mol. The van der Waals surface area contributed by atoms with E-state index < -0.39 is 6.10 Å². The molecular formula is C21H25ClN2O3. The Balaban J connectivity index is 1.71. The number of para-hydroxylation sites is 2. The first-order valence-corrected chi connectivity index (χ1v) is 9.62. The molecule has 0 unspecified atom stereocenters. The summed E-state index contributed by atoms with van der Waals surface area (Å²) < 4.78 is 9.19. The van der Waals surface area contributed by atoms with Gasteiger partial charge in [-0.2, -0.15) is 0 Å². The highest BCUT2D eigenvalue weighted by Crippen LogP contribution is 2.20. The molecular weight excluding hydrogens is 364 g/mol. The summed E-state index contributed by atoms with van der Waals surface area (Å²) in [6, 6.07) is 15.1. The minimum Gasteiger partial charge on any atom is -0.389 e. The molecule has 0 bridgehead atoms. The molecule has 3 aromatic rings. The van der Waals surface area contributed by atoms with Crippen LogP contribution in [0.2, 0.25) is 5.02 Å². The lowest BCUT2D eigenvalue weighted by Crippen LogP contribution is -2.31. The number of fused-ring (bicyclic) bond motifs is 1. The standard InChI is InChI=1S/C21H25ClN2O3/c1-3-12-23-19-6-4-5-7-20(19)24(21(23)26)13-18(25)14-27-15(2)16-8-10-17(22)11-9-16/h4-11,15,18,25H,3,12-14H2,1-2H3/t15-,18-/m1/s1. The van der Waals surface area contributed by atoms with Crippen LogP contribution in [0.1, 0.15) is 31.9 Å². The molecule has 0 fully saturated rings. The Morgan fingerprint density at radius 3 is 2.33 bits per heavy atom. The maximum absolute atomic E-state index is 12.8. The molecule has 2 atom stereocenters. The third-order valence-electron chi connectivity index (χ3n) is 4.64. The molecule has 0 amide bonds. The molecule has 6 heteroatoms. The number of aliphatic hydroxyl groups is 1. The molecule has 0 aliphatic rings. The number of aryl methyl sites for hydroxylation is 1. The molecule has 1 N–H and O–H groups in total. The summed E-state index contributed by atoms with van der Waals surface area (Å²) in [5, 5.41) is 11.1. The van der Waals surface area contributed by atoms with E-state index in [4.69, 9.17) is 16.3 Å². The highest BCUT2D eigenvalue weighted by Gasteiger charge is 2.16.